The van der Waals surface area contributed by atoms with Crippen LogP contribution in [0.3, 0.4) is 0 Å². The number of allylic oxidation sites excluding steroid dienone is 3. The highest BCUT2D eigenvalue weighted by molar-refractivity contribution is 5.41. The third kappa shape index (κ3) is 2.84. The van der Waals surface area contributed by atoms with Crippen molar-refractivity contribution in [3.63, 3.8) is 0 Å². The van der Waals surface area contributed by atoms with Gasteiger partial charge in [-0.3, -0.25) is 4.79 Å². The van der Waals surface area contributed by atoms with Crippen LogP contribution in [0.2, 0.25) is 0 Å². The Hall–Kier alpha value is -1.77. The van der Waals surface area contributed by atoms with E-state index < -0.39 is 0 Å². The van der Waals surface area contributed by atoms with Crippen LogP contribution in [-0.4, -0.2) is 4.57 Å². The molecule has 0 aromatic carbocycles. The normalized spacial score (nSPS) is 10.7. The molecule has 0 saturated heterocycles. The highest BCUT2D eigenvalue weighted by atomic mass is 16.1. The lowest BCUT2D eigenvalue weighted by Gasteiger charge is -2.09. The van der Waals surface area contributed by atoms with Crippen molar-refractivity contribution in [2.75, 3.05) is 5.73 Å². The third-order valence-corrected chi connectivity index (χ3v) is 2.29. The summed E-state index contributed by atoms with van der Waals surface area (Å²) in [6, 6.07) is 3.15. The minimum Gasteiger partial charge on any atom is -0.397 e. The minimum absolute atomic E-state index is 0.00583. The predicted octanol–water partition coefficient (Wildman–Crippen LogP) is 1.87. The molecular weight excluding hydrogens is 188 g/mol. The first-order valence-corrected chi connectivity index (χ1v) is 4.90. The van der Waals surface area contributed by atoms with E-state index in [2.05, 4.69) is 6.58 Å². The first-order chi connectivity index (χ1) is 7.16. The van der Waals surface area contributed by atoms with Gasteiger partial charge < -0.3 is 10.3 Å². The van der Waals surface area contributed by atoms with Crippen molar-refractivity contribution in [3.05, 3.63) is 53.0 Å². The fourth-order valence-electron chi connectivity index (χ4n) is 1.37. The molecule has 0 aliphatic carbocycles. The van der Waals surface area contributed by atoms with Gasteiger partial charge in [0.05, 0.1) is 5.69 Å². The zero-order valence-electron chi connectivity index (χ0n) is 8.94. The highest BCUT2D eigenvalue weighted by Crippen LogP contribution is 2.06. The number of nitrogen functional groups attached to an aromatic ring is 1. The van der Waals surface area contributed by atoms with Crippen molar-refractivity contribution in [2.45, 2.75) is 19.9 Å². The van der Waals surface area contributed by atoms with Crippen LogP contribution in [-0.2, 0) is 6.54 Å². The first kappa shape index (κ1) is 11.3. The maximum atomic E-state index is 11.5. The average Bonchev–Trinajstić information content (AvgIpc) is 2.23. The zero-order valence-corrected chi connectivity index (χ0v) is 8.94. The lowest BCUT2D eigenvalue weighted by Crippen LogP contribution is -2.22. The molecule has 2 N–H and O–H groups in total. The van der Waals surface area contributed by atoms with Crippen molar-refractivity contribution in [1.82, 2.24) is 4.57 Å². The highest BCUT2D eigenvalue weighted by Gasteiger charge is 2.01. The molecule has 1 aromatic rings. The molecule has 0 bridgehead atoms. The quantitative estimate of drug-likeness (QED) is 0.761. The number of nitrogens with two attached hydrogens (primary N) is 1. The van der Waals surface area contributed by atoms with Crippen molar-refractivity contribution >= 4 is 5.69 Å². The summed E-state index contributed by atoms with van der Waals surface area (Å²) in [7, 11) is 0. The van der Waals surface area contributed by atoms with E-state index in [1.54, 1.807) is 16.7 Å². The Morgan fingerprint density at radius 3 is 2.93 bits per heavy atom. The number of rotatable bonds is 4. The molecule has 1 aromatic heterocycles. The van der Waals surface area contributed by atoms with Gasteiger partial charge in [-0.1, -0.05) is 24.8 Å². The number of hydrogen-bond donors (Lipinski definition) is 1. The molecule has 0 aliphatic heterocycles. The van der Waals surface area contributed by atoms with Gasteiger partial charge in [-0.05, 0) is 19.4 Å². The first-order valence-electron chi connectivity index (χ1n) is 4.90. The number of hydrogen-bond acceptors (Lipinski definition) is 2. The molecule has 0 fully saturated rings. The standard InChI is InChI=1S/C12H16N2O/c1-3-4-5-6-9-14-10(2)11(13)7-8-12(14)15/h3-5,7-8H,1,6,9,13H2,2H3/b5-4+. The van der Waals surface area contributed by atoms with E-state index in [-0.39, 0.29) is 5.56 Å². The fourth-order valence-corrected chi connectivity index (χ4v) is 1.37. The fraction of sp³-hybridized carbons (Fsp3) is 0.250. The molecule has 0 spiro atoms. The Balaban J connectivity index is 2.85. The third-order valence-electron chi connectivity index (χ3n) is 2.29. The largest absolute Gasteiger partial charge is 0.397 e. The van der Waals surface area contributed by atoms with Crippen LogP contribution < -0.4 is 11.3 Å². The van der Waals surface area contributed by atoms with E-state index in [1.165, 1.54) is 6.07 Å². The Morgan fingerprint density at radius 2 is 2.27 bits per heavy atom. The SMILES string of the molecule is C=C/C=C/CCn1c(C)c(N)ccc1=O. The average molecular weight is 204 g/mol. The van der Waals surface area contributed by atoms with Crippen LogP contribution in [0.5, 0.6) is 0 Å². The number of aromatic nitrogens is 1. The summed E-state index contributed by atoms with van der Waals surface area (Å²) in [4.78, 5) is 11.5. The lowest BCUT2D eigenvalue weighted by molar-refractivity contribution is 0.661. The second-order valence-corrected chi connectivity index (χ2v) is 3.32. The molecule has 0 amide bonds. The van der Waals surface area contributed by atoms with E-state index in [0.29, 0.717) is 12.2 Å². The summed E-state index contributed by atoms with van der Waals surface area (Å²) in [6.07, 6.45) is 6.36. The Kier molecular flexibility index (Phi) is 3.92. The lowest BCUT2D eigenvalue weighted by atomic mass is 10.3. The van der Waals surface area contributed by atoms with Crippen LogP contribution in [0.1, 0.15) is 12.1 Å². The van der Waals surface area contributed by atoms with Crippen LogP contribution >= 0.6 is 0 Å². The molecule has 3 heteroatoms. The van der Waals surface area contributed by atoms with E-state index in [4.69, 9.17) is 5.73 Å². The van der Waals surface area contributed by atoms with Gasteiger partial charge in [-0.2, -0.15) is 0 Å². The second-order valence-electron chi connectivity index (χ2n) is 3.32. The van der Waals surface area contributed by atoms with Gasteiger partial charge in [-0.25, -0.2) is 0 Å². The molecule has 1 heterocycles. The summed E-state index contributed by atoms with van der Waals surface area (Å²) < 4.78 is 1.68. The van der Waals surface area contributed by atoms with Crippen molar-refractivity contribution in [3.8, 4) is 0 Å². The summed E-state index contributed by atoms with van der Waals surface area (Å²) >= 11 is 0. The molecule has 0 unspecified atom stereocenters. The van der Waals surface area contributed by atoms with Gasteiger partial charge in [-0.15, -0.1) is 0 Å². The van der Waals surface area contributed by atoms with Gasteiger partial charge in [0.2, 0.25) is 0 Å². The van der Waals surface area contributed by atoms with Gasteiger partial charge in [0.1, 0.15) is 0 Å². The van der Waals surface area contributed by atoms with Crippen LogP contribution in [0.4, 0.5) is 5.69 Å². The van der Waals surface area contributed by atoms with Crippen LogP contribution in [0.25, 0.3) is 0 Å². The maximum absolute atomic E-state index is 11.5. The van der Waals surface area contributed by atoms with Gasteiger partial charge in [0, 0.05) is 18.3 Å². The predicted molar refractivity (Wildman–Crippen MR) is 63.8 cm³/mol. The smallest absolute Gasteiger partial charge is 0.250 e. The Bertz CT molecular complexity index is 430. The number of nitrogens with zero attached hydrogens (tertiary/aromatic N) is 1. The maximum Gasteiger partial charge on any atom is 0.250 e. The van der Waals surface area contributed by atoms with Crippen molar-refractivity contribution in [1.29, 1.82) is 0 Å². The van der Waals surface area contributed by atoms with E-state index in [1.807, 2.05) is 19.1 Å². The minimum atomic E-state index is -0.00583. The molecule has 0 saturated carbocycles. The molecule has 80 valence electrons. The summed E-state index contributed by atoms with van der Waals surface area (Å²) in [6.45, 7) is 6.09. The van der Waals surface area contributed by atoms with Crippen LogP contribution in [0, 0.1) is 6.92 Å². The summed E-state index contributed by atoms with van der Waals surface area (Å²) in [5.41, 5.74) is 7.20. The zero-order chi connectivity index (χ0) is 11.3. The Morgan fingerprint density at radius 1 is 1.53 bits per heavy atom. The van der Waals surface area contributed by atoms with E-state index in [9.17, 15) is 4.79 Å². The second kappa shape index (κ2) is 5.20. The molecule has 0 atom stereocenters. The molecule has 15 heavy (non-hydrogen) atoms. The number of anilines is 1. The van der Waals surface area contributed by atoms with Crippen molar-refractivity contribution in [2.24, 2.45) is 0 Å². The van der Waals surface area contributed by atoms with Crippen molar-refractivity contribution < 1.29 is 0 Å². The Labute approximate surface area is 89.5 Å². The monoisotopic (exact) mass is 204 g/mol. The molecule has 1 rings (SSSR count). The molecular formula is C12H16N2O. The summed E-state index contributed by atoms with van der Waals surface area (Å²) in [5.74, 6) is 0. The number of pyridine rings is 1. The molecule has 0 radical (unpaired) electrons. The molecule has 0 aliphatic rings. The topological polar surface area (TPSA) is 48.0 Å². The molecule has 3 nitrogen and oxygen atoms in total. The van der Waals surface area contributed by atoms with Crippen LogP contribution in [0.15, 0.2) is 41.7 Å². The van der Waals surface area contributed by atoms with E-state index >= 15 is 0 Å². The van der Waals surface area contributed by atoms with Gasteiger partial charge >= 0.3 is 0 Å². The van der Waals surface area contributed by atoms with E-state index in [0.717, 1.165) is 12.1 Å². The van der Waals surface area contributed by atoms with Gasteiger partial charge in [0.15, 0.2) is 0 Å². The van der Waals surface area contributed by atoms with Gasteiger partial charge in [0.25, 0.3) is 5.56 Å². The summed E-state index contributed by atoms with van der Waals surface area (Å²) in [5, 5.41) is 0.